The highest BCUT2D eigenvalue weighted by Crippen LogP contribution is 2.09. The predicted octanol–water partition coefficient (Wildman–Crippen LogP) is 2.16. The molecule has 2 aromatic rings. The van der Waals surface area contributed by atoms with Gasteiger partial charge in [0.2, 0.25) is 10.6 Å². The first kappa shape index (κ1) is 10.3. The number of rotatable bonds is 2. The van der Waals surface area contributed by atoms with E-state index < -0.39 is 0 Å². The molecule has 0 aliphatic heterocycles. The molecule has 0 atom stereocenters. The van der Waals surface area contributed by atoms with Crippen LogP contribution in [0.4, 0.5) is 0 Å². The Kier molecular flexibility index (Phi) is 3.08. The van der Waals surface area contributed by atoms with Crippen molar-refractivity contribution in [2.75, 3.05) is 0 Å². The third-order valence-electron chi connectivity index (χ3n) is 1.74. The lowest BCUT2D eigenvalue weighted by Crippen LogP contribution is -1.99. The Morgan fingerprint density at radius 1 is 0.933 bits per heavy atom. The molecule has 0 radical (unpaired) electrons. The van der Waals surface area contributed by atoms with Crippen LogP contribution in [0.3, 0.4) is 0 Å². The molecular weight excluding hydrogens is 235 g/mol. The third kappa shape index (κ3) is 2.84. The second kappa shape index (κ2) is 4.51. The fourth-order valence-corrected chi connectivity index (χ4v) is 1.52. The fraction of sp³-hybridized carbons (Fsp3) is 0.111. The summed E-state index contributed by atoms with van der Waals surface area (Å²) in [4.78, 5) is 15.5. The standard InChI is InChI=1S/C9H6Cl2N4/c10-8-13-7(14-9(11)15-8)5-6-1-3-12-4-2-6/h1-4H,5H2. The first-order valence-corrected chi connectivity index (χ1v) is 4.94. The minimum Gasteiger partial charge on any atom is -0.265 e. The van der Waals surface area contributed by atoms with Crippen LogP contribution in [0.1, 0.15) is 11.4 Å². The van der Waals surface area contributed by atoms with Gasteiger partial charge in [-0.3, -0.25) is 4.98 Å². The summed E-state index contributed by atoms with van der Waals surface area (Å²) in [7, 11) is 0. The average Bonchev–Trinajstić information content (AvgIpc) is 2.17. The lowest BCUT2D eigenvalue weighted by atomic mass is 10.2. The molecule has 0 unspecified atom stereocenters. The minimum absolute atomic E-state index is 0.110. The molecule has 0 saturated carbocycles. The maximum atomic E-state index is 5.66. The summed E-state index contributed by atoms with van der Waals surface area (Å²) >= 11 is 11.3. The molecule has 2 aromatic heterocycles. The number of pyridine rings is 1. The first-order chi connectivity index (χ1) is 7.24. The summed E-state index contributed by atoms with van der Waals surface area (Å²) in [6.07, 6.45) is 3.98. The summed E-state index contributed by atoms with van der Waals surface area (Å²) in [5, 5.41) is 0.220. The van der Waals surface area contributed by atoms with E-state index in [1.54, 1.807) is 12.4 Å². The fourth-order valence-electron chi connectivity index (χ4n) is 1.13. The predicted molar refractivity (Wildman–Crippen MR) is 56.9 cm³/mol. The van der Waals surface area contributed by atoms with Crippen LogP contribution in [0.15, 0.2) is 24.5 Å². The second-order valence-electron chi connectivity index (χ2n) is 2.82. The van der Waals surface area contributed by atoms with Gasteiger partial charge in [-0.05, 0) is 40.9 Å². The van der Waals surface area contributed by atoms with Crippen LogP contribution in [-0.4, -0.2) is 19.9 Å². The zero-order valence-corrected chi connectivity index (χ0v) is 9.07. The molecule has 0 amide bonds. The molecule has 0 aliphatic rings. The maximum absolute atomic E-state index is 5.66. The van der Waals surface area contributed by atoms with Crippen LogP contribution >= 0.6 is 23.2 Å². The third-order valence-corrected chi connectivity index (χ3v) is 2.08. The Bertz CT molecular complexity index is 441. The maximum Gasteiger partial charge on any atom is 0.226 e. The number of aromatic nitrogens is 4. The lowest BCUT2D eigenvalue weighted by molar-refractivity contribution is 0.917. The van der Waals surface area contributed by atoms with Crippen molar-refractivity contribution in [1.82, 2.24) is 19.9 Å². The van der Waals surface area contributed by atoms with Crippen molar-refractivity contribution in [2.24, 2.45) is 0 Å². The highest BCUT2D eigenvalue weighted by atomic mass is 35.5. The van der Waals surface area contributed by atoms with Gasteiger partial charge in [0.05, 0.1) is 0 Å². The van der Waals surface area contributed by atoms with Gasteiger partial charge in [-0.2, -0.15) is 4.98 Å². The lowest BCUT2D eigenvalue weighted by Gasteiger charge is -2.00. The van der Waals surface area contributed by atoms with Crippen LogP contribution < -0.4 is 0 Å². The summed E-state index contributed by atoms with van der Waals surface area (Å²) in [5.41, 5.74) is 1.04. The van der Waals surface area contributed by atoms with E-state index in [0.29, 0.717) is 12.2 Å². The zero-order valence-electron chi connectivity index (χ0n) is 7.56. The van der Waals surface area contributed by atoms with Crippen LogP contribution in [-0.2, 0) is 6.42 Å². The van der Waals surface area contributed by atoms with E-state index in [4.69, 9.17) is 23.2 Å². The summed E-state index contributed by atoms with van der Waals surface area (Å²) in [6.45, 7) is 0. The highest BCUT2D eigenvalue weighted by molar-refractivity contribution is 6.30. The van der Waals surface area contributed by atoms with Crippen molar-refractivity contribution in [2.45, 2.75) is 6.42 Å². The van der Waals surface area contributed by atoms with Gasteiger partial charge in [-0.15, -0.1) is 0 Å². The molecule has 0 fully saturated rings. The average molecular weight is 241 g/mol. The van der Waals surface area contributed by atoms with Gasteiger partial charge < -0.3 is 0 Å². The summed E-state index contributed by atoms with van der Waals surface area (Å²) < 4.78 is 0. The Hall–Kier alpha value is -1.26. The molecule has 4 nitrogen and oxygen atoms in total. The van der Waals surface area contributed by atoms with Gasteiger partial charge in [0.1, 0.15) is 5.82 Å². The van der Waals surface area contributed by atoms with E-state index in [2.05, 4.69) is 19.9 Å². The van der Waals surface area contributed by atoms with Crippen LogP contribution in [0.2, 0.25) is 10.6 Å². The first-order valence-electron chi connectivity index (χ1n) is 4.19. The van der Waals surface area contributed by atoms with Gasteiger partial charge in [0.25, 0.3) is 0 Å². The molecular formula is C9H6Cl2N4. The quantitative estimate of drug-likeness (QED) is 0.808. The number of hydrogen-bond donors (Lipinski definition) is 0. The van der Waals surface area contributed by atoms with E-state index in [1.807, 2.05) is 12.1 Å². The smallest absolute Gasteiger partial charge is 0.226 e. The highest BCUT2D eigenvalue weighted by Gasteiger charge is 2.03. The van der Waals surface area contributed by atoms with Crippen molar-refractivity contribution in [1.29, 1.82) is 0 Å². The molecule has 6 heteroatoms. The number of halogens is 2. The molecule has 0 spiro atoms. The van der Waals surface area contributed by atoms with Gasteiger partial charge >= 0.3 is 0 Å². The molecule has 0 aromatic carbocycles. The Balaban J connectivity index is 2.25. The molecule has 0 saturated heterocycles. The summed E-state index contributed by atoms with van der Waals surface area (Å²) in [5.74, 6) is 0.547. The second-order valence-corrected chi connectivity index (χ2v) is 3.50. The Labute approximate surface area is 96.3 Å². The van der Waals surface area contributed by atoms with Crippen molar-refractivity contribution < 1.29 is 0 Å². The minimum atomic E-state index is 0.110. The number of nitrogens with zero attached hydrogens (tertiary/aromatic N) is 4. The van der Waals surface area contributed by atoms with Crippen molar-refractivity contribution in [3.8, 4) is 0 Å². The van der Waals surface area contributed by atoms with Crippen molar-refractivity contribution >= 4 is 23.2 Å². The van der Waals surface area contributed by atoms with Crippen LogP contribution in [0.5, 0.6) is 0 Å². The largest absolute Gasteiger partial charge is 0.265 e. The Morgan fingerprint density at radius 3 is 2.13 bits per heavy atom. The zero-order chi connectivity index (χ0) is 10.7. The molecule has 15 heavy (non-hydrogen) atoms. The number of hydrogen-bond acceptors (Lipinski definition) is 4. The van der Waals surface area contributed by atoms with Gasteiger partial charge in [0, 0.05) is 18.8 Å². The Morgan fingerprint density at radius 2 is 1.53 bits per heavy atom. The monoisotopic (exact) mass is 240 g/mol. The van der Waals surface area contributed by atoms with Gasteiger partial charge in [-0.25, -0.2) is 9.97 Å². The van der Waals surface area contributed by atoms with E-state index >= 15 is 0 Å². The van der Waals surface area contributed by atoms with E-state index in [-0.39, 0.29) is 10.6 Å². The molecule has 2 heterocycles. The van der Waals surface area contributed by atoms with Gasteiger partial charge in [-0.1, -0.05) is 0 Å². The molecule has 0 N–H and O–H groups in total. The van der Waals surface area contributed by atoms with E-state index in [9.17, 15) is 0 Å². The molecule has 2 rings (SSSR count). The molecule has 76 valence electrons. The van der Waals surface area contributed by atoms with E-state index in [0.717, 1.165) is 5.56 Å². The normalized spacial score (nSPS) is 10.3. The molecule has 0 bridgehead atoms. The van der Waals surface area contributed by atoms with E-state index in [1.165, 1.54) is 0 Å². The van der Waals surface area contributed by atoms with Crippen molar-refractivity contribution in [3.63, 3.8) is 0 Å². The topological polar surface area (TPSA) is 51.6 Å². The molecule has 0 aliphatic carbocycles. The van der Waals surface area contributed by atoms with Crippen molar-refractivity contribution in [3.05, 3.63) is 46.5 Å². The SMILES string of the molecule is Clc1nc(Cl)nc(Cc2ccncc2)n1. The van der Waals surface area contributed by atoms with Crippen LogP contribution in [0.25, 0.3) is 0 Å². The van der Waals surface area contributed by atoms with Gasteiger partial charge in [0.15, 0.2) is 0 Å². The van der Waals surface area contributed by atoms with Crippen LogP contribution in [0, 0.1) is 0 Å². The summed E-state index contributed by atoms with van der Waals surface area (Å²) in [6, 6.07) is 3.76.